The quantitative estimate of drug-likeness (QED) is 0.609. The Labute approximate surface area is 149 Å². The molecule has 0 N–H and O–H groups in total. The lowest BCUT2D eigenvalue weighted by molar-refractivity contribution is 0.591. The molecule has 1 rings (SSSR count). The second-order valence-corrected chi connectivity index (χ2v) is 10.6. The van der Waals surface area contributed by atoms with Crippen molar-refractivity contribution in [3.05, 3.63) is 32.0 Å². The monoisotopic (exact) mass is 400 g/mol. The van der Waals surface area contributed by atoms with Gasteiger partial charge in [0.05, 0.1) is 21.6 Å². The van der Waals surface area contributed by atoms with Crippen LogP contribution in [0.4, 0.5) is 0 Å². The minimum absolute atomic E-state index is 0.140. The zero-order valence-electron chi connectivity index (χ0n) is 13.3. The van der Waals surface area contributed by atoms with Crippen LogP contribution >= 0.6 is 23.2 Å². The topological polar surface area (TPSA) is 68.3 Å². The van der Waals surface area contributed by atoms with Crippen LogP contribution in [0, 0.1) is 0 Å². The lowest BCUT2D eigenvalue weighted by Gasteiger charge is -2.16. The molecule has 0 aromatic rings. The molecular weight excluding hydrogens is 379 g/mol. The van der Waals surface area contributed by atoms with Gasteiger partial charge in [-0.1, -0.05) is 56.0 Å². The minimum Gasteiger partial charge on any atom is -0.223 e. The van der Waals surface area contributed by atoms with Crippen molar-refractivity contribution in [2.24, 2.45) is 0 Å². The van der Waals surface area contributed by atoms with Crippen molar-refractivity contribution < 1.29 is 16.8 Å². The maximum atomic E-state index is 12.6. The van der Waals surface area contributed by atoms with Crippen LogP contribution in [0.3, 0.4) is 0 Å². The molecule has 0 aliphatic heterocycles. The van der Waals surface area contributed by atoms with Crippen LogP contribution in [-0.4, -0.2) is 28.3 Å². The third kappa shape index (κ3) is 5.62. The molecule has 0 fully saturated rings. The van der Waals surface area contributed by atoms with Gasteiger partial charge < -0.3 is 0 Å². The van der Waals surface area contributed by atoms with Crippen LogP contribution in [0.25, 0.3) is 0 Å². The summed E-state index contributed by atoms with van der Waals surface area (Å²) in [6.45, 7) is 3.71. The highest BCUT2D eigenvalue weighted by molar-refractivity contribution is 8.14. The van der Waals surface area contributed by atoms with Crippen LogP contribution in [0.1, 0.15) is 46.0 Å². The Kier molecular flexibility index (Phi) is 7.84. The average molecular weight is 401 g/mol. The fourth-order valence-electron chi connectivity index (χ4n) is 2.17. The number of sulfone groups is 2. The molecule has 1 aliphatic carbocycles. The van der Waals surface area contributed by atoms with Crippen molar-refractivity contribution in [3.8, 4) is 0 Å². The summed E-state index contributed by atoms with van der Waals surface area (Å²) in [5.74, 6) is -0.368. The van der Waals surface area contributed by atoms with Crippen molar-refractivity contribution in [2.45, 2.75) is 46.0 Å². The van der Waals surface area contributed by atoms with E-state index in [-0.39, 0.29) is 28.5 Å². The Morgan fingerprint density at radius 1 is 0.957 bits per heavy atom. The number of unbranched alkanes of at least 4 members (excludes halogenated alkanes) is 2. The smallest absolute Gasteiger partial charge is 0.189 e. The number of allylic oxidation sites excluding steroid dienone is 5. The first kappa shape index (κ1) is 20.7. The van der Waals surface area contributed by atoms with Gasteiger partial charge in [-0.25, -0.2) is 16.8 Å². The Morgan fingerprint density at radius 3 is 1.83 bits per heavy atom. The van der Waals surface area contributed by atoms with Crippen molar-refractivity contribution in [3.63, 3.8) is 0 Å². The predicted molar refractivity (Wildman–Crippen MR) is 96.9 cm³/mol. The summed E-state index contributed by atoms with van der Waals surface area (Å²) in [6, 6.07) is 0. The van der Waals surface area contributed by atoms with Crippen LogP contribution in [0.5, 0.6) is 0 Å². The zero-order valence-corrected chi connectivity index (χ0v) is 16.5. The summed E-state index contributed by atoms with van der Waals surface area (Å²) in [4.78, 5) is 0. The maximum absolute atomic E-state index is 12.6. The van der Waals surface area contributed by atoms with Gasteiger partial charge in [-0.2, -0.15) is 0 Å². The average Bonchev–Trinajstić information content (AvgIpc) is 2.46. The second kappa shape index (κ2) is 8.70. The number of halogens is 2. The standard InChI is InChI=1S/C15H22Cl2O4S2/c1-3-5-9-22(18,19)15(23(20,21)10-6-4-2)12-7-8-13(16)14(17)11-12/h8,11H,3-7,9-10H2,1-2H3. The Balaban J connectivity index is 3.46. The van der Waals surface area contributed by atoms with E-state index < -0.39 is 23.9 Å². The third-order valence-corrected chi connectivity index (χ3v) is 8.99. The van der Waals surface area contributed by atoms with E-state index in [0.29, 0.717) is 30.7 Å². The van der Waals surface area contributed by atoms with Gasteiger partial charge in [0, 0.05) is 0 Å². The predicted octanol–water partition coefficient (Wildman–Crippen LogP) is 4.28. The van der Waals surface area contributed by atoms with E-state index in [1.165, 1.54) is 12.2 Å². The molecule has 0 amide bonds. The first-order chi connectivity index (χ1) is 10.7. The van der Waals surface area contributed by atoms with Crippen molar-refractivity contribution in [1.29, 1.82) is 0 Å². The molecule has 0 radical (unpaired) electrons. The van der Waals surface area contributed by atoms with Gasteiger partial charge in [-0.3, -0.25) is 0 Å². The molecule has 0 aromatic heterocycles. The normalized spacial score (nSPS) is 16.1. The van der Waals surface area contributed by atoms with E-state index in [4.69, 9.17) is 23.2 Å². The molecule has 0 saturated heterocycles. The van der Waals surface area contributed by atoms with Gasteiger partial charge in [0.15, 0.2) is 23.9 Å². The van der Waals surface area contributed by atoms with E-state index in [1.807, 2.05) is 13.8 Å². The highest BCUT2D eigenvalue weighted by Crippen LogP contribution is 2.33. The first-order valence-corrected chi connectivity index (χ1v) is 11.6. The lowest BCUT2D eigenvalue weighted by Crippen LogP contribution is -2.22. The maximum Gasteiger partial charge on any atom is 0.189 e. The van der Waals surface area contributed by atoms with Crippen molar-refractivity contribution in [1.82, 2.24) is 0 Å². The SMILES string of the molecule is CCCCS(=O)(=O)C(=C1C=C(Cl)C(Cl)=CC1)S(=O)(=O)CCCC. The molecule has 1 aliphatic rings. The molecule has 0 heterocycles. The van der Waals surface area contributed by atoms with Gasteiger partial charge in [-0.05, 0) is 30.9 Å². The van der Waals surface area contributed by atoms with E-state index in [1.54, 1.807) is 0 Å². The second-order valence-electron chi connectivity index (χ2n) is 5.41. The van der Waals surface area contributed by atoms with Gasteiger partial charge in [-0.15, -0.1) is 0 Å². The summed E-state index contributed by atoms with van der Waals surface area (Å²) in [5.41, 5.74) is 0.201. The molecule has 0 atom stereocenters. The molecule has 0 unspecified atom stereocenters. The largest absolute Gasteiger partial charge is 0.223 e. The zero-order chi connectivity index (χ0) is 17.7. The van der Waals surface area contributed by atoms with Gasteiger partial charge in [0.2, 0.25) is 0 Å². The number of rotatable bonds is 8. The molecule has 0 aromatic carbocycles. The van der Waals surface area contributed by atoms with Crippen LogP contribution < -0.4 is 0 Å². The molecule has 0 bridgehead atoms. The Hall–Kier alpha value is -0.300. The number of hydrogen-bond donors (Lipinski definition) is 0. The van der Waals surface area contributed by atoms with Gasteiger partial charge in [0.25, 0.3) is 0 Å². The van der Waals surface area contributed by atoms with Crippen LogP contribution in [0.15, 0.2) is 32.0 Å². The number of hydrogen-bond acceptors (Lipinski definition) is 4. The molecule has 0 spiro atoms. The Morgan fingerprint density at radius 2 is 1.43 bits per heavy atom. The Bertz CT molecular complexity index is 689. The van der Waals surface area contributed by atoms with Gasteiger partial charge >= 0.3 is 0 Å². The molecular formula is C15H22Cl2O4S2. The summed E-state index contributed by atoms with van der Waals surface area (Å²) >= 11 is 11.8. The fourth-order valence-corrected chi connectivity index (χ4v) is 7.35. The molecule has 4 nitrogen and oxygen atoms in total. The van der Waals surface area contributed by atoms with E-state index in [0.717, 1.165) is 0 Å². The van der Waals surface area contributed by atoms with Crippen LogP contribution in [-0.2, 0) is 19.7 Å². The molecule has 0 saturated carbocycles. The third-order valence-electron chi connectivity index (χ3n) is 3.39. The summed E-state index contributed by atoms with van der Waals surface area (Å²) in [7, 11) is -7.79. The van der Waals surface area contributed by atoms with Gasteiger partial charge in [0.1, 0.15) is 0 Å². The van der Waals surface area contributed by atoms with Crippen LogP contribution in [0.2, 0.25) is 0 Å². The summed E-state index contributed by atoms with van der Waals surface area (Å²) < 4.78 is 50.0. The van der Waals surface area contributed by atoms with E-state index >= 15 is 0 Å². The van der Waals surface area contributed by atoms with Crippen molar-refractivity contribution >= 4 is 42.9 Å². The highest BCUT2D eigenvalue weighted by Gasteiger charge is 2.33. The first-order valence-electron chi connectivity index (χ1n) is 7.57. The molecule has 132 valence electrons. The summed E-state index contributed by atoms with van der Waals surface area (Å²) in [5, 5.41) is 0.452. The summed E-state index contributed by atoms with van der Waals surface area (Å²) in [6.07, 6.45) is 5.18. The van der Waals surface area contributed by atoms with Crippen molar-refractivity contribution in [2.75, 3.05) is 11.5 Å². The lowest BCUT2D eigenvalue weighted by atomic mass is 10.1. The highest BCUT2D eigenvalue weighted by atomic mass is 35.5. The molecule has 23 heavy (non-hydrogen) atoms. The van der Waals surface area contributed by atoms with E-state index in [9.17, 15) is 16.8 Å². The fraction of sp³-hybridized carbons (Fsp3) is 0.600. The molecule has 8 heteroatoms. The minimum atomic E-state index is -3.90. The van der Waals surface area contributed by atoms with E-state index in [2.05, 4.69) is 0 Å².